The van der Waals surface area contributed by atoms with Crippen LogP contribution in [0.5, 0.6) is 0 Å². The number of carbonyl (C=O) groups excluding carboxylic acids is 2. The molecule has 0 unspecified atom stereocenters. The number of nitrogens with zero attached hydrogens (tertiary/aromatic N) is 1. The highest BCUT2D eigenvalue weighted by atomic mass is 35.5. The molecule has 0 spiro atoms. The van der Waals surface area contributed by atoms with E-state index < -0.39 is 0 Å². The normalized spacial score (nSPS) is 14.2. The molecular weight excluding hydrogens is 338 g/mol. The molecule has 2 aromatic carbocycles. The largest absolute Gasteiger partial charge is 0.465 e. The monoisotopic (exact) mass is 357 g/mol. The molecule has 3 rings (SSSR count). The zero-order valence-electron chi connectivity index (χ0n) is 14.1. The van der Waals surface area contributed by atoms with Crippen LogP contribution in [0, 0.1) is 0 Å². The predicted octanol–water partition coefficient (Wildman–Crippen LogP) is 3.76. The first kappa shape index (κ1) is 17.6. The second-order valence-corrected chi connectivity index (χ2v) is 6.66. The van der Waals surface area contributed by atoms with Gasteiger partial charge >= 0.3 is 5.97 Å². The quantitative estimate of drug-likeness (QED) is 0.764. The van der Waals surface area contributed by atoms with E-state index in [1.54, 1.807) is 18.2 Å². The molecule has 25 heavy (non-hydrogen) atoms. The van der Waals surface area contributed by atoms with E-state index in [1.807, 2.05) is 24.3 Å². The zero-order valence-corrected chi connectivity index (χ0v) is 14.9. The first-order valence-electron chi connectivity index (χ1n) is 8.28. The Labute approximate surface area is 152 Å². The van der Waals surface area contributed by atoms with Gasteiger partial charge in [-0.25, -0.2) is 4.79 Å². The van der Waals surface area contributed by atoms with Crippen LogP contribution in [0.25, 0.3) is 0 Å². The van der Waals surface area contributed by atoms with Crippen molar-refractivity contribution in [2.75, 3.05) is 20.2 Å². The van der Waals surface area contributed by atoms with Crippen LogP contribution >= 0.6 is 11.6 Å². The Morgan fingerprint density at radius 3 is 2.64 bits per heavy atom. The summed E-state index contributed by atoms with van der Waals surface area (Å²) in [6.45, 7) is 1.92. The van der Waals surface area contributed by atoms with Gasteiger partial charge in [0.25, 0.3) is 0 Å². The average Bonchev–Trinajstić information content (AvgIpc) is 2.62. The molecule has 0 aliphatic carbocycles. The Balaban J connectivity index is 1.62. The van der Waals surface area contributed by atoms with E-state index in [0.717, 1.165) is 30.0 Å². The number of esters is 1. The van der Waals surface area contributed by atoms with Crippen LogP contribution < -0.4 is 0 Å². The number of halogens is 1. The summed E-state index contributed by atoms with van der Waals surface area (Å²) in [5.41, 5.74) is 3.32. The van der Waals surface area contributed by atoms with E-state index in [4.69, 9.17) is 16.3 Å². The maximum atomic E-state index is 12.3. The van der Waals surface area contributed by atoms with Gasteiger partial charge < -0.3 is 4.74 Å². The highest BCUT2D eigenvalue weighted by Crippen LogP contribution is 2.21. The van der Waals surface area contributed by atoms with E-state index in [2.05, 4.69) is 4.90 Å². The number of ether oxygens (including phenoxy) is 1. The fourth-order valence-corrected chi connectivity index (χ4v) is 3.27. The van der Waals surface area contributed by atoms with E-state index in [9.17, 15) is 9.59 Å². The molecule has 0 fully saturated rings. The number of hydrogen-bond acceptors (Lipinski definition) is 4. The Morgan fingerprint density at radius 1 is 1.16 bits per heavy atom. The molecule has 1 aliphatic rings. The summed E-state index contributed by atoms with van der Waals surface area (Å²) in [5.74, 6) is -0.278. The summed E-state index contributed by atoms with van der Waals surface area (Å²) in [7, 11) is 1.36. The van der Waals surface area contributed by atoms with Gasteiger partial charge in [-0.2, -0.15) is 0 Å². The van der Waals surface area contributed by atoms with Crippen LogP contribution in [-0.2, 0) is 17.7 Å². The molecule has 0 aromatic heterocycles. The summed E-state index contributed by atoms with van der Waals surface area (Å²) in [6, 6.07) is 13.0. The van der Waals surface area contributed by atoms with Crippen molar-refractivity contribution in [1.82, 2.24) is 4.90 Å². The fourth-order valence-electron chi connectivity index (χ4n) is 3.14. The van der Waals surface area contributed by atoms with Gasteiger partial charge in [0.2, 0.25) is 0 Å². The number of methoxy groups -OCH3 is 1. The van der Waals surface area contributed by atoms with E-state index in [1.165, 1.54) is 12.7 Å². The molecule has 5 heteroatoms. The third-order valence-corrected chi connectivity index (χ3v) is 4.69. The summed E-state index contributed by atoms with van der Waals surface area (Å²) in [4.78, 5) is 26.2. The van der Waals surface area contributed by atoms with Crippen LogP contribution in [0.3, 0.4) is 0 Å². The zero-order chi connectivity index (χ0) is 17.8. The van der Waals surface area contributed by atoms with E-state index in [0.29, 0.717) is 24.2 Å². The number of hydrogen-bond donors (Lipinski definition) is 0. The minimum Gasteiger partial charge on any atom is -0.465 e. The van der Waals surface area contributed by atoms with Crippen LogP contribution in [0.4, 0.5) is 0 Å². The lowest BCUT2D eigenvalue weighted by atomic mass is 9.96. The summed E-state index contributed by atoms with van der Waals surface area (Å²) in [6.07, 6.45) is 1.90. The number of benzene rings is 2. The summed E-state index contributed by atoms with van der Waals surface area (Å²) >= 11 is 5.90. The molecule has 0 radical (unpaired) electrons. The second kappa shape index (κ2) is 7.81. The minimum absolute atomic E-state index is 0.101. The highest BCUT2D eigenvalue weighted by Gasteiger charge is 2.23. The van der Waals surface area contributed by atoms with Crippen molar-refractivity contribution in [2.45, 2.75) is 19.4 Å². The Bertz CT molecular complexity index is 786. The number of carbonyl (C=O) groups is 2. The predicted molar refractivity (Wildman–Crippen MR) is 97.2 cm³/mol. The molecule has 4 nitrogen and oxygen atoms in total. The number of aryl methyl sites for hydroxylation is 1. The molecule has 1 aliphatic heterocycles. The fraction of sp³-hybridized carbons (Fsp3) is 0.300. The van der Waals surface area contributed by atoms with Gasteiger partial charge in [0.05, 0.1) is 19.2 Å². The minimum atomic E-state index is -0.380. The maximum absolute atomic E-state index is 12.3. The number of ketones is 1. The lowest BCUT2D eigenvalue weighted by molar-refractivity contribution is 0.0599. The van der Waals surface area contributed by atoms with E-state index >= 15 is 0 Å². The maximum Gasteiger partial charge on any atom is 0.337 e. The van der Waals surface area contributed by atoms with Crippen LogP contribution in [0.1, 0.15) is 38.3 Å². The second-order valence-electron chi connectivity index (χ2n) is 6.23. The Morgan fingerprint density at radius 2 is 1.92 bits per heavy atom. The van der Waals surface area contributed by atoms with Crippen molar-refractivity contribution >= 4 is 23.4 Å². The molecule has 2 aromatic rings. The highest BCUT2D eigenvalue weighted by molar-refractivity contribution is 6.30. The average molecular weight is 358 g/mol. The van der Waals surface area contributed by atoms with Crippen molar-refractivity contribution in [2.24, 2.45) is 0 Å². The van der Waals surface area contributed by atoms with Crippen molar-refractivity contribution < 1.29 is 14.3 Å². The van der Waals surface area contributed by atoms with Gasteiger partial charge in [-0.05, 0) is 54.8 Å². The lowest BCUT2D eigenvalue weighted by Crippen LogP contribution is -2.36. The van der Waals surface area contributed by atoms with Gasteiger partial charge in [0.1, 0.15) is 0 Å². The molecule has 1 heterocycles. The van der Waals surface area contributed by atoms with Crippen LogP contribution in [0.2, 0.25) is 5.02 Å². The summed E-state index contributed by atoms with van der Waals surface area (Å²) in [5, 5.41) is 0.739. The molecule has 0 atom stereocenters. The van der Waals surface area contributed by atoms with E-state index in [-0.39, 0.29) is 11.8 Å². The van der Waals surface area contributed by atoms with Gasteiger partial charge in [-0.15, -0.1) is 0 Å². The van der Waals surface area contributed by atoms with Crippen molar-refractivity contribution in [3.63, 3.8) is 0 Å². The topological polar surface area (TPSA) is 46.6 Å². The molecule has 0 saturated heterocycles. The van der Waals surface area contributed by atoms with Crippen LogP contribution in [-0.4, -0.2) is 36.9 Å². The molecule has 0 N–H and O–H groups in total. The molecule has 0 amide bonds. The van der Waals surface area contributed by atoms with Gasteiger partial charge in [0, 0.05) is 17.1 Å². The first-order chi connectivity index (χ1) is 12.1. The Hall–Kier alpha value is -2.17. The van der Waals surface area contributed by atoms with Crippen LogP contribution in [0.15, 0.2) is 42.5 Å². The SMILES string of the molecule is COC(=O)c1ccc2c(c1)CN(CCCc1ccc(Cl)cc1)CC2=O. The van der Waals surface area contributed by atoms with Gasteiger partial charge in [0.15, 0.2) is 5.78 Å². The molecule has 0 bridgehead atoms. The number of Topliss-reactive ketones (excluding diaryl/α,β-unsaturated/α-hetero) is 1. The molecule has 0 saturated carbocycles. The van der Waals surface area contributed by atoms with Crippen molar-refractivity contribution in [3.8, 4) is 0 Å². The van der Waals surface area contributed by atoms with Gasteiger partial charge in [-0.3, -0.25) is 9.69 Å². The van der Waals surface area contributed by atoms with Gasteiger partial charge in [-0.1, -0.05) is 29.8 Å². The van der Waals surface area contributed by atoms with Crippen molar-refractivity contribution in [1.29, 1.82) is 0 Å². The Kier molecular flexibility index (Phi) is 5.51. The molecule has 130 valence electrons. The number of fused-ring (bicyclic) bond motifs is 1. The number of rotatable bonds is 5. The third-order valence-electron chi connectivity index (χ3n) is 4.44. The third kappa shape index (κ3) is 4.27. The first-order valence-corrected chi connectivity index (χ1v) is 8.66. The smallest absolute Gasteiger partial charge is 0.337 e. The van der Waals surface area contributed by atoms with Crippen molar-refractivity contribution in [3.05, 3.63) is 69.7 Å². The lowest BCUT2D eigenvalue weighted by Gasteiger charge is -2.28. The standard InChI is InChI=1S/C20H20ClNO3/c1-25-20(24)15-6-9-18-16(11-15)12-22(13-19(18)23)10-2-3-14-4-7-17(21)8-5-14/h4-9,11H,2-3,10,12-13H2,1H3. The molecular formula is C20H20ClNO3. The summed E-state index contributed by atoms with van der Waals surface area (Å²) < 4.78 is 4.76.